The molecule has 2 heterocycles. The molecule has 2 fully saturated rings. The molecule has 8 nitrogen and oxygen atoms in total. The van der Waals surface area contributed by atoms with Gasteiger partial charge in [-0.15, -0.1) is 0 Å². The predicted octanol–water partition coefficient (Wildman–Crippen LogP) is 3.39. The number of aliphatic hydroxyl groups is 2. The molecule has 2 rings (SSSR count). The Bertz CT molecular complexity index is 769. The molecule has 0 aliphatic carbocycles. The average Bonchev–Trinajstić information content (AvgIpc) is 3.25. The molecule has 2 amide bonds. The summed E-state index contributed by atoms with van der Waals surface area (Å²) in [6.07, 6.45) is 4.06. The first-order chi connectivity index (χ1) is 17.2. The van der Waals surface area contributed by atoms with Crippen molar-refractivity contribution in [3.05, 3.63) is 0 Å². The number of aliphatic hydroxyl groups excluding tert-OH is 2. The van der Waals surface area contributed by atoms with Crippen molar-refractivity contribution in [1.29, 1.82) is 0 Å². The Kier molecular flexibility index (Phi) is 11.7. The number of nitrogens with zero attached hydrogens (tertiary/aromatic N) is 4. The standard InChI is InChI=1S/C27H48N4O4S2/c1-7-28-16-22(34)30(24(28)36)18-26(3,4)14-12-20(32)10-9-11-21(33)13-15-27(5,6)19-31-23(35)17-29(8-2)25(31)37/h20-21,32-33H,7-19H2,1-6H3. The molecule has 2 atom stereocenters. The maximum Gasteiger partial charge on any atom is 0.248 e. The largest absolute Gasteiger partial charge is 0.393 e. The van der Waals surface area contributed by atoms with Gasteiger partial charge in [-0.05, 0) is 94.1 Å². The second-order valence-electron chi connectivity index (χ2n) is 12.2. The van der Waals surface area contributed by atoms with E-state index in [9.17, 15) is 19.8 Å². The molecule has 0 radical (unpaired) electrons. The van der Waals surface area contributed by atoms with E-state index in [-0.39, 0.29) is 22.6 Å². The fourth-order valence-electron chi connectivity index (χ4n) is 5.00. The molecule has 2 aliphatic heterocycles. The number of carbonyl (C=O) groups is 2. The zero-order valence-electron chi connectivity index (χ0n) is 23.7. The summed E-state index contributed by atoms with van der Waals surface area (Å²) in [4.78, 5) is 31.9. The molecule has 10 heteroatoms. The zero-order valence-corrected chi connectivity index (χ0v) is 25.3. The van der Waals surface area contributed by atoms with Gasteiger partial charge in [0.2, 0.25) is 11.8 Å². The topological polar surface area (TPSA) is 87.6 Å². The van der Waals surface area contributed by atoms with Crippen LogP contribution in [-0.4, -0.2) is 103 Å². The van der Waals surface area contributed by atoms with Crippen LogP contribution in [-0.2, 0) is 9.59 Å². The van der Waals surface area contributed by atoms with Gasteiger partial charge < -0.3 is 20.0 Å². The first-order valence-corrected chi connectivity index (χ1v) is 14.6. The summed E-state index contributed by atoms with van der Waals surface area (Å²) < 4.78 is 0. The molecule has 2 aliphatic rings. The van der Waals surface area contributed by atoms with E-state index in [1.165, 1.54) is 0 Å². The van der Waals surface area contributed by atoms with Crippen molar-refractivity contribution >= 4 is 46.5 Å². The van der Waals surface area contributed by atoms with Crippen molar-refractivity contribution in [2.45, 2.75) is 98.7 Å². The van der Waals surface area contributed by atoms with E-state index in [2.05, 4.69) is 27.7 Å². The molecule has 37 heavy (non-hydrogen) atoms. The number of hydrogen-bond acceptors (Lipinski definition) is 6. The van der Waals surface area contributed by atoms with E-state index in [0.717, 1.165) is 32.4 Å². The summed E-state index contributed by atoms with van der Waals surface area (Å²) in [6.45, 7) is 15.7. The van der Waals surface area contributed by atoms with Gasteiger partial charge in [0, 0.05) is 26.2 Å². The minimum atomic E-state index is -0.431. The molecule has 0 aromatic carbocycles. The van der Waals surface area contributed by atoms with E-state index in [1.54, 1.807) is 9.80 Å². The third kappa shape index (κ3) is 9.41. The number of amides is 2. The minimum absolute atomic E-state index is 0.0512. The summed E-state index contributed by atoms with van der Waals surface area (Å²) >= 11 is 10.9. The van der Waals surface area contributed by atoms with Crippen molar-refractivity contribution in [2.24, 2.45) is 10.8 Å². The molecule has 0 saturated carbocycles. The normalized spacial score (nSPS) is 19.0. The van der Waals surface area contributed by atoms with Gasteiger partial charge in [0.15, 0.2) is 10.2 Å². The van der Waals surface area contributed by atoms with Gasteiger partial charge in [0.1, 0.15) is 0 Å². The van der Waals surface area contributed by atoms with Crippen molar-refractivity contribution < 1.29 is 19.8 Å². The third-order valence-corrected chi connectivity index (χ3v) is 8.53. The highest BCUT2D eigenvalue weighted by Gasteiger charge is 2.36. The van der Waals surface area contributed by atoms with Crippen LogP contribution in [0.25, 0.3) is 0 Å². The highest BCUT2D eigenvalue weighted by Crippen LogP contribution is 2.29. The molecule has 212 valence electrons. The zero-order chi connectivity index (χ0) is 28.0. The van der Waals surface area contributed by atoms with E-state index in [1.807, 2.05) is 23.6 Å². The van der Waals surface area contributed by atoms with Gasteiger partial charge in [0.05, 0.1) is 25.3 Å². The van der Waals surface area contributed by atoms with Crippen LogP contribution in [0.5, 0.6) is 0 Å². The maximum atomic E-state index is 12.3. The first kappa shape index (κ1) is 31.9. The Hall–Kier alpha value is -1.36. The minimum Gasteiger partial charge on any atom is -0.393 e. The Morgan fingerprint density at radius 2 is 1.08 bits per heavy atom. The van der Waals surface area contributed by atoms with Gasteiger partial charge in [-0.3, -0.25) is 19.4 Å². The fraction of sp³-hybridized carbons (Fsp3) is 0.852. The van der Waals surface area contributed by atoms with Crippen LogP contribution < -0.4 is 0 Å². The Labute approximate surface area is 234 Å². The van der Waals surface area contributed by atoms with Crippen LogP contribution in [0.2, 0.25) is 0 Å². The molecule has 0 aromatic heterocycles. The summed E-state index contributed by atoms with van der Waals surface area (Å²) in [7, 11) is 0. The van der Waals surface area contributed by atoms with Gasteiger partial charge in [0.25, 0.3) is 0 Å². The van der Waals surface area contributed by atoms with Crippen molar-refractivity contribution in [3.63, 3.8) is 0 Å². The maximum absolute atomic E-state index is 12.3. The lowest BCUT2D eigenvalue weighted by atomic mass is 9.84. The summed E-state index contributed by atoms with van der Waals surface area (Å²) in [5.74, 6) is 0.102. The number of likely N-dealkylation sites (N-methyl/N-ethyl adjacent to an activating group) is 2. The lowest BCUT2D eigenvalue weighted by Crippen LogP contribution is -2.40. The van der Waals surface area contributed by atoms with Crippen LogP contribution >= 0.6 is 24.4 Å². The van der Waals surface area contributed by atoms with E-state index >= 15 is 0 Å². The molecular weight excluding hydrogens is 508 g/mol. The van der Waals surface area contributed by atoms with Crippen molar-refractivity contribution in [1.82, 2.24) is 19.6 Å². The number of rotatable bonds is 16. The van der Waals surface area contributed by atoms with Crippen LogP contribution in [0.4, 0.5) is 0 Å². The Morgan fingerprint density at radius 1 is 0.730 bits per heavy atom. The lowest BCUT2D eigenvalue weighted by molar-refractivity contribution is -0.126. The van der Waals surface area contributed by atoms with Crippen LogP contribution in [0, 0.1) is 10.8 Å². The quantitative estimate of drug-likeness (QED) is 0.280. The van der Waals surface area contributed by atoms with Gasteiger partial charge in [-0.25, -0.2) is 0 Å². The summed E-state index contributed by atoms with van der Waals surface area (Å²) in [5.41, 5.74) is -0.300. The van der Waals surface area contributed by atoms with E-state index < -0.39 is 12.2 Å². The molecule has 2 unspecified atom stereocenters. The Morgan fingerprint density at radius 3 is 1.38 bits per heavy atom. The predicted molar refractivity (Wildman–Crippen MR) is 155 cm³/mol. The molecule has 0 bridgehead atoms. The highest BCUT2D eigenvalue weighted by molar-refractivity contribution is 7.80. The molecule has 0 aromatic rings. The number of hydrogen-bond donors (Lipinski definition) is 2. The first-order valence-electron chi connectivity index (χ1n) is 13.7. The fourth-order valence-corrected chi connectivity index (χ4v) is 5.72. The highest BCUT2D eigenvalue weighted by atomic mass is 32.1. The van der Waals surface area contributed by atoms with Gasteiger partial charge in [-0.1, -0.05) is 27.7 Å². The average molecular weight is 557 g/mol. The SMILES string of the molecule is CCN1CC(=O)N(CC(C)(C)CCC(O)CCCC(O)CCC(C)(C)CN2C(=O)CN(CC)C2=S)C1=S. The lowest BCUT2D eigenvalue weighted by Gasteiger charge is -2.31. The molecule has 2 saturated heterocycles. The van der Waals surface area contributed by atoms with Crippen LogP contribution in [0.15, 0.2) is 0 Å². The second-order valence-corrected chi connectivity index (χ2v) is 12.9. The van der Waals surface area contributed by atoms with Crippen LogP contribution in [0.3, 0.4) is 0 Å². The Balaban J connectivity index is 1.66. The van der Waals surface area contributed by atoms with Gasteiger partial charge >= 0.3 is 0 Å². The van der Waals surface area contributed by atoms with Crippen LogP contribution in [0.1, 0.15) is 86.5 Å². The summed E-state index contributed by atoms with van der Waals surface area (Å²) in [6, 6.07) is 0. The van der Waals surface area contributed by atoms with Crippen molar-refractivity contribution in [2.75, 3.05) is 39.3 Å². The number of thiocarbonyl (C=S) groups is 2. The monoisotopic (exact) mass is 556 g/mol. The molecular formula is C27H48N4O4S2. The molecule has 2 N–H and O–H groups in total. The van der Waals surface area contributed by atoms with Gasteiger partial charge in [-0.2, -0.15) is 0 Å². The third-order valence-electron chi connectivity index (χ3n) is 7.58. The second kappa shape index (κ2) is 13.6. The van der Waals surface area contributed by atoms with E-state index in [4.69, 9.17) is 24.4 Å². The molecule has 0 spiro atoms. The van der Waals surface area contributed by atoms with E-state index in [0.29, 0.717) is 62.1 Å². The summed E-state index contributed by atoms with van der Waals surface area (Å²) in [5, 5.41) is 22.3. The number of carbonyl (C=O) groups excluding carboxylic acids is 2. The van der Waals surface area contributed by atoms with Crippen molar-refractivity contribution in [3.8, 4) is 0 Å². The smallest absolute Gasteiger partial charge is 0.248 e.